The largest absolute Gasteiger partial charge is 0.496 e. The fraction of sp³-hybridized carbons (Fsp3) is 0.579. The highest BCUT2D eigenvalue weighted by Gasteiger charge is 2.48. The predicted molar refractivity (Wildman–Crippen MR) is 109 cm³/mol. The van der Waals surface area contributed by atoms with Crippen LogP contribution in [-0.4, -0.2) is 54.3 Å². The molecule has 0 saturated carbocycles. The Hall–Kier alpha value is -1.54. The van der Waals surface area contributed by atoms with Crippen LogP contribution in [0.2, 0.25) is 0 Å². The van der Waals surface area contributed by atoms with Gasteiger partial charge in [-0.25, -0.2) is 8.42 Å². The summed E-state index contributed by atoms with van der Waals surface area (Å²) in [5, 5.41) is 0.570. The average molecular weight is 411 g/mol. The van der Waals surface area contributed by atoms with Gasteiger partial charge in [0.25, 0.3) is 5.91 Å². The lowest BCUT2D eigenvalue weighted by Gasteiger charge is -2.25. The van der Waals surface area contributed by atoms with Gasteiger partial charge in [0.05, 0.1) is 24.7 Å². The lowest BCUT2D eigenvalue weighted by Crippen LogP contribution is -2.37. The third-order valence-electron chi connectivity index (χ3n) is 5.25. The Balaban J connectivity index is 1.92. The number of benzene rings is 1. The number of amidine groups is 1. The van der Waals surface area contributed by atoms with Crippen LogP contribution in [0, 0.1) is 5.92 Å². The van der Waals surface area contributed by atoms with Gasteiger partial charge in [0.15, 0.2) is 15.0 Å². The molecule has 148 valence electrons. The highest BCUT2D eigenvalue weighted by atomic mass is 32.2. The normalized spacial score (nSPS) is 25.2. The number of fused-ring (bicyclic) bond motifs is 1. The van der Waals surface area contributed by atoms with Gasteiger partial charge in [0.1, 0.15) is 5.75 Å². The van der Waals surface area contributed by atoms with Gasteiger partial charge in [-0.15, -0.1) is 0 Å². The van der Waals surface area contributed by atoms with Crippen LogP contribution < -0.4 is 4.74 Å². The Morgan fingerprint density at radius 1 is 1.30 bits per heavy atom. The SMILES string of the molecule is CCC(CC)C(=O)N=C1S[C@H]2CS(=O)(=O)C[C@H]2N1Cc1ccccc1OC. The van der Waals surface area contributed by atoms with E-state index in [1.807, 2.05) is 43.0 Å². The summed E-state index contributed by atoms with van der Waals surface area (Å²) in [5.74, 6) is 0.796. The number of carbonyl (C=O) groups excluding carboxylic acids is 1. The molecule has 2 atom stereocenters. The Bertz CT molecular complexity index is 834. The third-order valence-corrected chi connectivity index (χ3v) is 8.50. The van der Waals surface area contributed by atoms with E-state index >= 15 is 0 Å². The van der Waals surface area contributed by atoms with Gasteiger partial charge in [-0.05, 0) is 18.9 Å². The van der Waals surface area contributed by atoms with Crippen molar-refractivity contribution in [3.63, 3.8) is 0 Å². The summed E-state index contributed by atoms with van der Waals surface area (Å²) in [6, 6.07) is 7.51. The first kappa shape index (κ1) is 20.2. The molecule has 2 saturated heterocycles. The monoisotopic (exact) mass is 410 g/mol. The second-order valence-corrected chi connectivity index (χ2v) is 10.3. The highest BCUT2D eigenvalue weighted by molar-refractivity contribution is 8.15. The number of carbonyl (C=O) groups is 1. The van der Waals surface area contributed by atoms with Gasteiger partial charge in [-0.3, -0.25) is 4.79 Å². The minimum atomic E-state index is -3.06. The van der Waals surface area contributed by atoms with Crippen LogP contribution in [0.25, 0.3) is 0 Å². The second-order valence-electron chi connectivity index (χ2n) is 6.99. The summed E-state index contributed by atoms with van der Waals surface area (Å²) in [5.41, 5.74) is 0.952. The number of amides is 1. The maximum atomic E-state index is 12.6. The number of aliphatic imine (C=N–C) groups is 1. The smallest absolute Gasteiger partial charge is 0.251 e. The molecule has 27 heavy (non-hydrogen) atoms. The molecule has 0 bridgehead atoms. The molecule has 0 unspecified atom stereocenters. The van der Waals surface area contributed by atoms with Gasteiger partial charge < -0.3 is 9.64 Å². The minimum absolute atomic E-state index is 0.0713. The van der Waals surface area contributed by atoms with Crippen molar-refractivity contribution in [2.45, 2.75) is 44.5 Å². The number of rotatable bonds is 6. The molecule has 8 heteroatoms. The van der Waals surface area contributed by atoms with Crippen LogP contribution in [0.5, 0.6) is 5.75 Å². The lowest BCUT2D eigenvalue weighted by molar-refractivity contribution is -0.121. The van der Waals surface area contributed by atoms with Crippen molar-refractivity contribution < 1.29 is 17.9 Å². The average Bonchev–Trinajstić information content (AvgIpc) is 3.09. The van der Waals surface area contributed by atoms with Crippen molar-refractivity contribution in [3.8, 4) is 5.75 Å². The molecular weight excluding hydrogens is 384 g/mol. The van der Waals surface area contributed by atoms with Crippen LogP contribution in [0.3, 0.4) is 0 Å². The number of ether oxygens (including phenoxy) is 1. The zero-order valence-electron chi connectivity index (χ0n) is 15.9. The van der Waals surface area contributed by atoms with Crippen LogP contribution in [0.4, 0.5) is 0 Å². The highest BCUT2D eigenvalue weighted by Crippen LogP contribution is 2.40. The van der Waals surface area contributed by atoms with E-state index in [0.717, 1.165) is 24.2 Å². The lowest BCUT2D eigenvalue weighted by atomic mass is 10.0. The first-order valence-corrected chi connectivity index (χ1v) is 12.0. The second kappa shape index (κ2) is 8.22. The molecule has 0 spiro atoms. The van der Waals surface area contributed by atoms with E-state index in [-0.39, 0.29) is 34.6 Å². The molecule has 0 aromatic heterocycles. The minimum Gasteiger partial charge on any atom is -0.496 e. The maximum Gasteiger partial charge on any atom is 0.251 e. The Morgan fingerprint density at radius 2 is 2.00 bits per heavy atom. The number of hydrogen-bond donors (Lipinski definition) is 0. The van der Waals surface area contributed by atoms with Crippen LogP contribution in [0.15, 0.2) is 29.3 Å². The molecule has 0 radical (unpaired) electrons. The molecular formula is C19H26N2O4S2. The quantitative estimate of drug-likeness (QED) is 0.718. The summed E-state index contributed by atoms with van der Waals surface area (Å²) in [6.45, 7) is 4.45. The fourth-order valence-electron chi connectivity index (χ4n) is 3.66. The first-order chi connectivity index (χ1) is 12.9. The van der Waals surface area contributed by atoms with Crippen molar-refractivity contribution >= 4 is 32.7 Å². The van der Waals surface area contributed by atoms with Crippen LogP contribution in [0.1, 0.15) is 32.3 Å². The van der Waals surface area contributed by atoms with Crippen LogP contribution >= 0.6 is 11.8 Å². The number of methoxy groups -OCH3 is 1. The zero-order chi connectivity index (χ0) is 19.6. The molecule has 2 fully saturated rings. The Morgan fingerprint density at radius 3 is 2.67 bits per heavy atom. The third kappa shape index (κ3) is 4.32. The summed E-state index contributed by atoms with van der Waals surface area (Å²) < 4.78 is 29.7. The number of thioether (sulfide) groups is 1. The zero-order valence-corrected chi connectivity index (χ0v) is 17.6. The van der Waals surface area contributed by atoms with E-state index in [9.17, 15) is 13.2 Å². The van der Waals surface area contributed by atoms with Crippen molar-refractivity contribution in [2.75, 3.05) is 18.6 Å². The molecule has 3 rings (SSSR count). The Labute approximate surface area is 165 Å². The van der Waals surface area contributed by atoms with E-state index < -0.39 is 9.84 Å². The first-order valence-electron chi connectivity index (χ1n) is 9.26. The molecule has 0 aliphatic carbocycles. The van der Waals surface area contributed by atoms with Gasteiger partial charge in [0.2, 0.25) is 0 Å². The maximum absolute atomic E-state index is 12.6. The topological polar surface area (TPSA) is 76.0 Å². The summed E-state index contributed by atoms with van der Waals surface area (Å²) in [7, 11) is -1.44. The summed E-state index contributed by atoms with van der Waals surface area (Å²) >= 11 is 1.43. The molecule has 1 aromatic carbocycles. The van der Waals surface area contributed by atoms with Gasteiger partial charge in [-0.1, -0.05) is 43.8 Å². The molecule has 1 amide bonds. The van der Waals surface area contributed by atoms with E-state index in [4.69, 9.17) is 4.74 Å². The predicted octanol–water partition coefficient (Wildman–Crippen LogP) is 2.73. The van der Waals surface area contributed by atoms with Gasteiger partial charge in [0, 0.05) is 23.3 Å². The molecule has 2 aliphatic rings. The number of para-hydroxylation sites is 1. The fourth-order valence-corrected chi connectivity index (χ4v) is 7.62. The van der Waals surface area contributed by atoms with Crippen molar-refractivity contribution in [1.29, 1.82) is 0 Å². The van der Waals surface area contributed by atoms with E-state index in [0.29, 0.717) is 11.7 Å². The van der Waals surface area contributed by atoms with E-state index in [1.165, 1.54) is 11.8 Å². The van der Waals surface area contributed by atoms with Gasteiger partial charge in [-0.2, -0.15) is 4.99 Å². The molecule has 1 aromatic rings. The van der Waals surface area contributed by atoms with Gasteiger partial charge >= 0.3 is 0 Å². The molecule has 2 heterocycles. The van der Waals surface area contributed by atoms with Crippen LogP contribution in [-0.2, 0) is 21.2 Å². The van der Waals surface area contributed by atoms with Crippen molar-refractivity contribution in [2.24, 2.45) is 10.9 Å². The number of sulfone groups is 1. The van der Waals surface area contributed by atoms with E-state index in [1.54, 1.807) is 7.11 Å². The van der Waals surface area contributed by atoms with Crippen molar-refractivity contribution in [3.05, 3.63) is 29.8 Å². The molecule has 2 aliphatic heterocycles. The van der Waals surface area contributed by atoms with E-state index in [2.05, 4.69) is 4.99 Å². The summed E-state index contributed by atoms with van der Waals surface area (Å²) in [6.07, 6.45) is 1.51. The molecule has 6 nitrogen and oxygen atoms in total. The van der Waals surface area contributed by atoms with Crippen molar-refractivity contribution in [1.82, 2.24) is 4.90 Å². The Kier molecular flexibility index (Phi) is 6.15. The molecule has 0 N–H and O–H groups in total. The summed E-state index contributed by atoms with van der Waals surface area (Å²) in [4.78, 5) is 19.0. The standard InChI is InChI=1S/C19H26N2O4S2/c1-4-13(5-2)18(22)20-19-21(10-14-8-6-7-9-16(14)25-3)15-11-27(23,24)12-17(15)26-19/h6-9,13,15,17H,4-5,10-12H2,1-3H3/t15-,17+/m1/s1. The number of nitrogens with zero attached hydrogens (tertiary/aromatic N) is 2. The number of hydrogen-bond acceptors (Lipinski definition) is 5.